The van der Waals surface area contributed by atoms with Crippen molar-refractivity contribution in [2.75, 3.05) is 25.5 Å². The molecule has 0 radical (unpaired) electrons. The number of anilines is 1. The Bertz CT molecular complexity index is 856. The molecule has 2 aromatic carbocycles. The van der Waals surface area contributed by atoms with Crippen LogP contribution in [0.4, 0.5) is 5.69 Å². The predicted molar refractivity (Wildman–Crippen MR) is 120 cm³/mol. The van der Waals surface area contributed by atoms with Gasteiger partial charge in [-0.3, -0.25) is 0 Å². The second-order valence-electron chi connectivity index (χ2n) is 6.20. The van der Waals surface area contributed by atoms with Crippen LogP contribution in [0.2, 0.25) is 0 Å². The first-order valence-electron chi connectivity index (χ1n) is 9.63. The lowest BCUT2D eigenvalue weighted by molar-refractivity contribution is 0.0601. The molecule has 0 aliphatic rings. The third-order valence-corrected chi connectivity index (χ3v) is 4.00. The van der Waals surface area contributed by atoms with E-state index in [1.807, 2.05) is 78.9 Å². The molecule has 29 heavy (non-hydrogen) atoms. The van der Waals surface area contributed by atoms with Crippen LogP contribution in [-0.2, 0) is 11.3 Å². The van der Waals surface area contributed by atoms with E-state index in [4.69, 9.17) is 4.74 Å². The monoisotopic (exact) mass is 388 g/mol. The first-order valence-corrected chi connectivity index (χ1v) is 9.63. The van der Waals surface area contributed by atoms with Crippen molar-refractivity contribution >= 4 is 11.7 Å². The Balaban J connectivity index is 1.94. The molecule has 2 rings (SSSR count). The summed E-state index contributed by atoms with van der Waals surface area (Å²) in [6.07, 6.45) is 0. The smallest absolute Gasteiger partial charge is 0.337 e. The van der Waals surface area contributed by atoms with E-state index in [0.717, 1.165) is 25.3 Å². The molecular formula is C25H28N2O2. The highest BCUT2D eigenvalue weighted by molar-refractivity contribution is 5.89. The number of hydrogen-bond acceptors (Lipinski definition) is 4. The summed E-state index contributed by atoms with van der Waals surface area (Å²) in [4.78, 5) is 11.8. The van der Waals surface area contributed by atoms with Crippen LogP contribution in [-0.4, -0.2) is 26.2 Å². The number of hydrogen-bond donors (Lipinski definition) is 2. The SMILES string of the molecule is COC(=O)c1ccccccc(NCCNCc2ccccccccc2)cc1. The Morgan fingerprint density at radius 3 is 1.97 bits per heavy atom. The molecule has 0 aromatic heterocycles. The maximum Gasteiger partial charge on any atom is 0.337 e. The van der Waals surface area contributed by atoms with Gasteiger partial charge in [0.1, 0.15) is 0 Å². The summed E-state index contributed by atoms with van der Waals surface area (Å²) in [5.41, 5.74) is 2.63. The van der Waals surface area contributed by atoms with E-state index in [1.165, 1.54) is 12.7 Å². The molecule has 2 N–H and O–H groups in total. The molecule has 0 aliphatic carbocycles. The summed E-state index contributed by atoms with van der Waals surface area (Å²) in [5.74, 6) is -0.358. The largest absolute Gasteiger partial charge is 0.465 e. The predicted octanol–water partition coefficient (Wildman–Crippen LogP) is 4.92. The Labute approximate surface area is 173 Å². The van der Waals surface area contributed by atoms with Crippen molar-refractivity contribution in [3.63, 3.8) is 0 Å². The molecule has 0 bridgehead atoms. The van der Waals surface area contributed by atoms with E-state index in [9.17, 15) is 4.79 Å². The Hall–Kier alpha value is -3.37. The summed E-state index contributed by atoms with van der Waals surface area (Å²) >= 11 is 0. The van der Waals surface area contributed by atoms with Gasteiger partial charge in [0.2, 0.25) is 0 Å². The van der Waals surface area contributed by atoms with Crippen LogP contribution in [0.1, 0.15) is 15.9 Å². The molecular weight excluding hydrogens is 360 g/mol. The van der Waals surface area contributed by atoms with Crippen molar-refractivity contribution in [3.05, 3.63) is 114 Å². The first kappa shape index (κ1) is 21.9. The molecule has 0 saturated heterocycles. The van der Waals surface area contributed by atoms with Crippen LogP contribution >= 0.6 is 0 Å². The van der Waals surface area contributed by atoms with Gasteiger partial charge in [0.05, 0.1) is 12.7 Å². The van der Waals surface area contributed by atoms with Crippen molar-refractivity contribution in [1.82, 2.24) is 5.32 Å². The lowest BCUT2D eigenvalue weighted by Crippen LogP contribution is -2.21. The molecule has 0 aliphatic heterocycles. The number of carbonyl (C=O) groups is 1. The number of rotatable bonds is 7. The van der Waals surface area contributed by atoms with Gasteiger partial charge in [-0.1, -0.05) is 78.9 Å². The average molecular weight is 389 g/mol. The number of carbonyl (C=O) groups excluding carboxylic acids is 1. The normalized spacial score (nSPS) is 9.55. The standard InChI is InChI=1S/C25H28N2O2/c1-29-25(28)23-15-11-7-8-12-16-24(18-17-23)27-20-19-26-21-22-13-9-5-3-2-4-6-10-14-22/h2-18,26-27H,19-21H2,1H3. The lowest BCUT2D eigenvalue weighted by Gasteiger charge is -2.07. The van der Waals surface area contributed by atoms with Crippen LogP contribution in [0.25, 0.3) is 0 Å². The molecule has 0 heterocycles. The zero-order chi connectivity index (χ0) is 20.6. The molecule has 4 heteroatoms. The molecule has 150 valence electrons. The molecule has 2 aromatic rings. The molecule has 4 nitrogen and oxygen atoms in total. The number of nitrogens with one attached hydrogen (secondary N) is 2. The minimum Gasteiger partial charge on any atom is -0.465 e. The topological polar surface area (TPSA) is 50.4 Å². The quantitative estimate of drug-likeness (QED) is 0.522. The molecule has 0 unspecified atom stereocenters. The highest BCUT2D eigenvalue weighted by Crippen LogP contribution is 2.05. The summed E-state index contributed by atoms with van der Waals surface area (Å²) in [5, 5.41) is 6.82. The van der Waals surface area contributed by atoms with Gasteiger partial charge >= 0.3 is 5.97 Å². The number of ether oxygens (including phenoxy) is 1. The van der Waals surface area contributed by atoms with Crippen LogP contribution in [0.15, 0.2) is 103 Å². The maximum atomic E-state index is 11.8. The highest BCUT2D eigenvalue weighted by Gasteiger charge is 2.01. The minimum atomic E-state index is -0.358. The van der Waals surface area contributed by atoms with Gasteiger partial charge in [-0.05, 0) is 29.8 Å². The maximum absolute atomic E-state index is 11.8. The van der Waals surface area contributed by atoms with Crippen LogP contribution in [0.5, 0.6) is 0 Å². The van der Waals surface area contributed by atoms with Crippen LogP contribution in [0, 0.1) is 0 Å². The van der Waals surface area contributed by atoms with Gasteiger partial charge in [0.25, 0.3) is 0 Å². The molecule has 0 amide bonds. The van der Waals surface area contributed by atoms with Crippen molar-refractivity contribution in [2.45, 2.75) is 6.54 Å². The summed E-state index contributed by atoms with van der Waals surface area (Å²) < 4.78 is 4.81. The van der Waals surface area contributed by atoms with Gasteiger partial charge < -0.3 is 15.4 Å². The third-order valence-electron chi connectivity index (χ3n) is 4.00. The van der Waals surface area contributed by atoms with Gasteiger partial charge in [-0.25, -0.2) is 4.79 Å². The van der Waals surface area contributed by atoms with Crippen molar-refractivity contribution in [2.24, 2.45) is 0 Å². The fourth-order valence-electron chi connectivity index (χ4n) is 2.49. The fraction of sp³-hybridized carbons (Fsp3) is 0.160. The Morgan fingerprint density at radius 1 is 0.724 bits per heavy atom. The van der Waals surface area contributed by atoms with E-state index in [2.05, 4.69) is 22.8 Å². The zero-order valence-corrected chi connectivity index (χ0v) is 16.8. The summed E-state index contributed by atoms with van der Waals surface area (Å²) in [6, 6.07) is 33.2. The second kappa shape index (κ2) is 13.7. The molecule has 0 fully saturated rings. The van der Waals surface area contributed by atoms with E-state index in [0.29, 0.717) is 5.56 Å². The molecule has 0 atom stereocenters. The molecule has 0 saturated carbocycles. The Morgan fingerprint density at radius 2 is 1.31 bits per heavy atom. The highest BCUT2D eigenvalue weighted by atomic mass is 16.5. The van der Waals surface area contributed by atoms with Gasteiger partial charge in [-0.15, -0.1) is 0 Å². The zero-order valence-electron chi connectivity index (χ0n) is 16.8. The van der Waals surface area contributed by atoms with Gasteiger partial charge in [0, 0.05) is 25.3 Å². The van der Waals surface area contributed by atoms with E-state index in [1.54, 1.807) is 12.1 Å². The van der Waals surface area contributed by atoms with E-state index in [-0.39, 0.29) is 5.97 Å². The first-order chi connectivity index (χ1) is 14.3. The number of esters is 1. The molecule has 0 spiro atoms. The summed E-state index contributed by atoms with van der Waals surface area (Å²) in [7, 11) is 1.38. The third kappa shape index (κ3) is 9.40. The second-order valence-corrected chi connectivity index (χ2v) is 6.20. The van der Waals surface area contributed by atoms with E-state index < -0.39 is 0 Å². The van der Waals surface area contributed by atoms with Gasteiger partial charge in [-0.2, -0.15) is 0 Å². The Kier molecular flexibility index (Phi) is 10.4. The lowest BCUT2D eigenvalue weighted by atomic mass is 10.2. The van der Waals surface area contributed by atoms with Crippen molar-refractivity contribution in [3.8, 4) is 0 Å². The van der Waals surface area contributed by atoms with Crippen molar-refractivity contribution < 1.29 is 9.53 Å². The van der Waals surface area contributed by atoms with Crippen LogP contribution < -0.4 is 10.6 Å². The summed E-state index contributed by atoms with van der Waals surface area (Å²) in [6.45, 7) is 2.35. The van der Waals surface area contributed by atoms with Crippen LogP contribution in [0.3, 0.4) is 0 Å². The average Bonchev–Trinajstić information content (AvgIpc) is 2.75. The fourth-order valence-corrected chi connectivity index (χ4v) is 2.49. The minimum absolute atomic E-state index is 0.358. The van der Waals surface area contributed by atoms with E-state index >= 15 is 0 Å². The van der Waals surface area contributed by atoms with Crippen molar-refractivity contribution in [1.29, 1.82) is 0 Å². The van der Waals surface area contributed by atoms with Gasteiger partial charge in [0.15, 0.2) is 0 Å². The number of methoxy groups -OCH3 is 1.